The molecule has 0 spiro atoms. The maximum Gasteiger partial charge on any atom is 0.237 e. The Balaban J connectivity index is 2.05. The van der Waals surface area contributed by atoms with Crippen molar-refractivity contribution in [1.29, 1.82) is 0 Å². The largest absolute Gasteiger partial charge is 0.391 e. The van der Waals surface area contributed by atoms with Crippen LogP contribution in [0.5, 0.6) is 0 Å². The summed E-state index contributed by atoms with van der Waals surface area (Å²) in [6, 6.07) is -1.25. The van der Waals surface area contributed by atoms with Gasteiger partial charge in [0.25, 0.3) is 0 Å². The molecule has 152 valence electrons. The van der Waals surface area contributed by atoms with Crippen LogP contribution in [0.25, 0.3) is 0 Å². The number of carbonyl (C=O) groups excluding carboxylic acids is 1. The molecule has 2 aliphatic rings. The zero-order valence-electron chi connectivity index (χ0n) is 15.5. The monoisotopic (exact) mass is 392 g/mol. The van der Waals surface area contributed by atoms with E-state index in [0.29, 0.717) is 5.92 Å². The van der Waals surface area contributed by atoms with Gasteiger partial charge in [-0.05, 0) is 38.5 Å². The maximum absolute atomic E-state index is 12.6. The average molecular weight is 393 g/mol. The Hall–Kier alpha value is -0.420. The smallest absolute Gasteiger partial charge is 0.237 e. The van der Waals surface area contributed by atoms with E-state index in [4.69, 9.17) is 4.74 Å². The molecule has 9 atom stereocenters. The average Bonchev–Trinajstić information content (AvgIpc) is 3.07. The number of amides is 1. The van der Waals surface area contributed by atoms with Gasteiger partial charge in [0.2, 0.25) is 5.91 Å². The standard InChI is InChI=1S/C17H32N2O6S/c1-4-5-9-6-10(18-7-9)16(24)19-11(8(2)20)15-13(22)12(21)14(23)17(25-15)26-3/h8-15,17-18,20-23H,4-7H2,1-3H3,(H,19,24)/t8-,9+,10+,11+,12-,13-,14-,15-,17-/m1/s1. The lowest BCUT2D eigenvalue weighted by molar-refractivity contribution is -0.211. The van der Waals surface area contributed by atoms with Crippen molar-refractivity contribution < 1.29 is 30.0 Å². The summed E-state index contributed by atoms with van der Waals surface area (Å²) in [6.07, 6.45) is -1.54. The molecule has 0 unspecified atom stereocenters. The maximum atomic E-state index is 12.6. The lowest BCUT2D eigenvalue weighted by Gasteiger charge is -2.44. The molecule has 0 aliphatic carbocycles. The first kappa shape index (κ1) is 21.9. The third-order valence-corrected chi connectivity index (χ3v) is 6.11. The van der Waals surface area contributed by atoms with Crippen molar-refractivity contribution in [2.24, 2.45) is 5.92 Å². The fraction of sp³-hybridized carbons (Fsp3) is 0.941. The van der Waals surface area contributed by atoms with Gasteiger partial charge in [0, 0.05) is 0 Å². The van der Waals surface area contributed by atoms with E-state index in [1.54, 1.807) is 6.26 Å². The van der Waals surface area contributed by atoms with E-state index >= 15 is 0 Å². The highest BCUT2D eigenvalue weighted by Crippen LogP contribution is 2.29. The Kier molecular flexibility index (Phi) is 8.14. The van der Waals surface area contributed by atoms with Crippen LogP contribution in [0.1, 0.15) is 33.1 Å². The first-order chi connectivity index (χ1) is 12.3. The van der Waals surface area contributed by atoms with Crippen molar-refractivity contribution in [3.63, 3.8) is 0 Å². The summed E-state index contributed by atoms with van der Waals surface area (Å²) in [5, 5.41) is 46.5. The van der Waals surface area contributed by atoms with E-state index in [0.717, 1.165) is 25.8 Å². The number of nitrogens with one attached hydrogen (secondary N) is 2. The summed E-state index contributed by atoms with van der Waals surface area (Å²) in [7, 11) is 0. The first-order valence-corrected chi connectivity index (χ1v) is 10.5. The fourth-order valence-corrected chi connectivity index (χ4v) is 4.42. The van der Waals surface area contributed by atoms with Gasteiger partial charge in [-0.1, -0.05) is 13.3 Å². The molecule has 0 aromatic heterocycles. The number of aliphatic hydroxyl groups excluding tert-OH is 4. The molecule has 0 radical (unpaired) electrons. The van der Waals surface area contributed by atoms with Gasteiger partial charge in [0.15, 0.2) is 0 Å². The molecule has 1 amide bonds. The van der Waals surface area contributed by atoms with E-state index in [1.165, 1.54) is 18.7 Å². The molecule has 2 fully saturated rings. The summed E-state index contributed by atoms with van der Waals surface area (Å²) in [5.41, 5.74) is -0.755. The third kappa shape index (κ3) is 4.89. The number of hydrogen-bond donors (Lipinski definition) is 6. The van der Waals surface area contributed by atoms with Gasteiger partial charge in [-0.25, -0.2) is 0 Å². The van der Waals surface area contributed by atoms with Crippen molar-refractivity contribution >= 4 is 17.7 Å². The Morgan fingerprint density at radius 2 is 2.00 bits per heavy atom. The molecule has 0 aromatic rings. The van der Waals surface area contributed by atoms with Gasteiger partial charge >= 0.3 is 0 Å². The molecule has 2 saturated heterocycles. The molecule has 26 heavy (non-hydrogen) atoms. The molecular formula is C17H32N2O6S. The van der Waals surface area contributed by atoms with Crippen LogP contribution in [0.15, 0.2) is 0 Å². The van der Waals surface area contributed by atoms with Crippen LogP contribution < -0.4 is 10.6 Å². The summed E-state index contributed by atoms with van der Waals surface area (Å²) >= 11 is 1.19. The van der Waals surface area contributed by atoms with Gasteiger partial charge in [0.1, 0.15) is 29.9 Å². The highest BCUT2D eigenvalue weighted by Gasteiger charge is 2.48. The second-order valence-electron chi connectivity index (χ2n) is 7.30. The van der Waals surface area contributed by atoms with Gasteiger partial charge in [-0.15, -0.1) is 11.8 Å². The highest BCUT2D eigenvalue weighted by atomic mass is 32.2. The third-order valence-electron chi connectivity index (χ3n) is 5.26. The number of carbonyl (C=O) groups is 1. The molecule has 2 heterocycles. The zero-order chi connectivity index (χ0) is 19.4. The minimum absolute atomic E-state index is 0.258. The summed E-state index contributed by atoms with van der Waals surface area (Å²) in [5.74, 6) is 0.196. The lowest BCUT2D eigenvalue weighted by atomic mass is 9.92. The van der Waals surface area contributed by atoms with E-state index < -0.39 is 42.0 Å². The number of aliphatic hydroxyl groups is 4. The van der Waals surface area contributed by atoms with Crippen LogP contribution in [-0.4, -0.2) is 87.2 Å². The Bertz CT molecular complexity index is 467. The van der Waals surface area contributed by atoms with E-state index in [9.17, 15) is 25.2 Å². The SMILES string of the molecule is CCC[C@@H]1CN[C@H](C(=O)N[C@H]([C@H]2O[C@H](SC)[C@H](O)[C@H](O)[C@H]2O)[C@@H](C)O)C1. The molecule has 0 aromatic carbocycles. The van der Waals surface area contributed by atoms with Crippen LogP contribution in [0.2, 0.25) is 0 Å². The predicted octanol–water partition coefficient (Wildman–Crippen LogP) is -1.20. The number of ether oxygens (including phenoxy) is 1. The van der Waals surface area contributed by atoms with Crippen LogP contribution in [0.3, 0.4) is 0 Å². The van der Waals surface area contributed by atoms with Gasteiger partial charge in [0.05, 0.1) is 18.2 Å². The minimum atomic E-state index is -1.42. The van der Waals surface area contributed by atoms with Crippen molar-refractivity contribution in [2.75, 3.05) is 12.8 Å². The molecule has 2 rings (SSSR count). The second kappa shape index (κ2) is 9.68. The van der Waals surface area contributed by atoms with Crippen LogP contribution >= 0.6 is 11.8 Å². The van der Waals surface area contributed by atoms with Crippen LogP contribution in [0.4, 0.5) is 0 Å². The van der Waals surface area contributed by atoms with E-state index in [2.05, 4.69) is 17.6 Å². The van der Waals surface area contributed by atoms with Crippen LogP contribution in [-0.2, 0) is 9.53 Å². The summed E-state index contributed by atoms with van der Waals surface area (Å²) < 4.78 is 5.69. The molecule has 0 bridgehead atoms. The van der Waals surface area contributed by atoms with Crippen molar-refractivity contribution in [3.05, 3.63) is 0 Å². The van der Waals surface area contributed by atoms with Gasteiger partial charge in [-0.2, -0.15) is 0 Å². The summed E-state index contributed by atoms with van der Waals surface area (Å²) in [4.78, 5) is 12.6. The Morgan fingerprint density at radius 1 is 1.31 bits per heavy atom. The molecular weight excluding hydrogens is 360 g/mol. The van der Waals surface area contributed by atoms with Crippen molar-refractivity contribution in [1.82, 2.24) is 10.6 Å². The quantitative estimate of drug-likeness (QED) is 0.319. The number of hydrogen-bond acceptors (Lipinski definition) is 8. The Labute approximate surface area is 158 Å². The van der Waals surface area contributed by atoms with Crippen LogP contribution in [0, 0.1) is 5.92 Å². The predicted molar refractivity (Wildman–Crippen MR) is 98.6 cm³/mol. The van der Waals surface area contributed by atoms with E-state index in [-0.39, 0.29) is 11.9 Å². The second-order valence-corrected chi connectivity index (χ2v) is 8.24. The normalized spacial score (nSPS) is 40.2. The minimum Gasteiger partial charge on any atom is -0.391 e. The van der Waals surface area contributed by atoms with Crippen molar-refractivity contribution in [2.45, 2.75) is 81.1 Å². The molecule has 2 aliphatic heterocycles. The fourth-order valence-electron chi connectivity index (χ4n) is 3.74. The Morgan fingerprint density at radius 3 is 2.58 bits per heavy atom. The number of thioether (sulfide) groups is 1. The van der Waals surface area contributed by atoms with E-state index in [1.807, 2.05) is 0 Å². The van der Waals surface area contributed by atoms with Crippen molar-refractivity contribution in [3.8, 4) is 0 Å². The van der Waals surface area contributed by atoms with Gasteiger partial charge < -0.3 is 35.8 Å². The molecule has 0 saturated carbocycles. The highest BCUT2D eigenvalue weighted by molar-refractivity contribution is 7.99. The topological polar surface area (TPSA) is 131 Å². The molecule has 9 heteroatoms. The lowest BCUT2D eigenvalue weighted by Crippen LogP contribution is -2.65. The molecule has 8 nitrogen and oxygen atoms in total. The zero-order valence-corrected chi connectivity index (χ0v) is 16.4. The molecule has 6 N–H and O–H groups in total. The summed E-state index contributed by atoms with van der Waals surface area (Å²) in [6.45, 7) is 4.39. The van der Waals surface area contributed by atoms with Gasteiger partial charge in [-0.3, -0.25) is 4.79 Å². The first-order valence-electron chi connectivity index (χ1n) is 9.24. The number of rotatable bonds is 7.